The van der Waals surface area contributed by atoms with Crippen molar-refractivity contribution in [3.8, 4) is 0 Å². The number of benzene rings is 2. The van der Waals surface area contributed by atoms with Crippen LogP contribution in [0.15, 0.2) is 60.7 Å². The van der Waals surface area contributed by atoms with Crippen molar-refractivity contribution in [2.45, 2.75) is 51.9 Å². The van der Waals surface area contributed by atoms with Gasteiger partial charge in [-0.25, -0.2) is 5.21 Å². The van der Waals surface area contributed by atoms with Gasteiger partial charge < -0.3 is 0 Å². The minimum absolute atomic E-state index is 0.101. The Labute approximate surface area is 140 Å². The first-order chi connectivity index (χ1) is 11.3. The van der Waals surface area contributed by atoms with E-state index >= 15 is 0 Å². The third kappa shape index (κ3) is 5.19. The quantitative estimate of drug-likeness (QED) is 0.303. The van der Waals surface area contributed by atoms with Crippen LogP contribution >= 0.6 is 0 Å². The highest BCUT2D eigenvalue weighted by Crippen LogP contribution is 2.32. The summed E-state index contributed by atoms with van der Waals surface area (Å²) in [5, 5.41) is 11.3. The minimum Gasteiger partial charge on any atom is -0.206 e. The van der Waals surface area contributed by atoms with E-state index in [0.717, 1.165) is 24.3 Å². The van der Waals surface area contributed by atoms with Crippen LogP contribution in [0.25, 0.3) is 0 Å². The first kappa shape index (κ1) is 17.7. The van der Waals surface area contributed by atoms with Gasteiger partial charge in [0.1, 0.15) is 6.54 Å². The van der Waals surface area contributed by atoms with Crippen LogP contribution in [-0.4, -0.2) is 11.8 Å². The monoisotopic (exact) mass is 312 g/mol. The van der Waals surface area contributed by atoms with Gasteiger partial charge in [-0.1, -0.05) is 75.4 Å². The van der Waals surface area contributed by atoms with Crippen LogP contribution in [0.3, 0.4) is 0 Å². The average molecular weight is 312 g/mol. The lowest BCUT2D eigenvalue weighted by atomic mass is 10.1. The average Bonchev–Trinajstić information content (AvgIpc) is 2.62. The maximum atomic E-state index is 11.3. The Kier molecular flexibility index (Phi) is 7.31. The smallest absolute Gasteiger partial charge is 0.170 e. The molecule has 0 bridgehead atoms. The number of quaternary nitrogens is 1. The van der Waals surface area contributed by atoms with E-state index in [2.05, 4.69) is 6.92 Å². The molecule has 0 saturated heterocycles. The highest BCUT2D eigenvalue weighted by atomic mass is 16.5. The minimum atomic E-state index is -0.101. The molecule has 0 heterocycles. The van der Waals surface area contributed by atoms with Crippen LogP contribution in [0.4, 0.5) is 11.4 Å². The molecule has 0 unspecified atom stereocenters. The van der Waals surface area contributed by atoms with Crippen molar-refractivity contribution >= 4 is 11.4 Å². The van der Waals surface area contributed by atoms with Crippen molar-refractivity contribution < 1.29 is 5.21 Å². The predicted octanol–water partition coefficient (Wildman–Crippen LogP) is 6.47. The summed E-state index contributed by atoms with van der Waals surface area (Å²) in [7, 11) is 0. The van der Waals surface area contributed by atoms with Gasteiger partial charge in [-0.05, 0) is 6.42 Å². The van der Waals surface area contributed by atoms with Gasteiger partial charge in [-0.2, -0.15) is 0 Å². The Hall–Kier alpha value is -1.64. The molecular weight excluding hydrogens is 282 g/mol. The number of para-hydroxylation sites is 2. The van der Waals surface area contributed by atoms with Crippen molar-refractivity contribution in [1.82, 2.24) is 4.65 Å². The van der Waals surface area contributed by atoms with E-state index in [0.29, 0.717) is 0 Å². The number of hydrogen-bond donors (Lipinski definition) is 1. The Bertz CT molecular complexity index is 499. The Balaban J connectivity index is 1.98. The van der Waals surface area contributed by atoms with E-state index in [1.165, 1.54) is 38.5 Å². The van der Waals surface area contributed by atoms with Crippen LogP contribution in [0.2, 0.25) is 0 Å². The molecule has 0 radical (unpaired) electrons. The van der Waals surface area contributed by atoms with Crippen LogP contribution in [0.1, 0.15) is 51.9 Å². The number of hydrogen-bond acceptors (Lipinski definition) is 1. The molecular formula is C21H30NO+. The van der Waals surface area contributed by atoms with Crippen molar-refractivity contribution in [2.24, 2.45) is 0 Å². The zero-order valence-corrected chi connectivity index (χ0v) is 14.3. The molecule has 124 valence electrons. The lowest BCUT2D eigenvalue weighted by Crippen LogP contribution is -2.41. The lowest BCUT2D eigenvalue weighted by molar-refractivity contribution is -0.0246. The van der Waals surface area contributed by atoms with Crippen LogP contribution in [0, 0.1) is 0 Å². The van der Waals surface area contributed by atoms with Crippen molar-refractivity contribution in [2.75, 3.05) is 6.54 Å². The zero-order chi connectivity index (χ0) is 16.4. The molecule has 0 aliphatic carbocycles. The topological polar surface area (TPSA) is 20.2 Å². The molecule has 2 aromatic carbocycles. The molecule has 2 rings (SSSR count). The van der Waals surface area contributed by atoms with Crippen molar-refractivity contribution in [1.29, 1.82) is 0 Å². The summed E-state index contributed by atoms with van der Waals surface area (Å²) < 4.78 is -0.101. The summed E-state index contributed by atoms with van der Waals surface area (Å²) >= 11 is 0. The van der Waals surface area contributed by atoms with Crippen LogP contribution in [-0.2, 0) is 0 Å². The van der Waals surface area contributed by atoms with Gasteiger partial charge in [0.05, 0.1) is 0 Å². The number of rotatable bonds is 10. The fraction of sp³-hybridized carbons (Fsp3) is 0.429. The first-order valence-electron chi connectivity index (χ1n) is 8.99. The normalized spacial score (nSPS) is 11.6. The molecule has 2 nitrogen and oxygen atoms in total. The van der Waals surface area contributed by atoms with E-state index < -0.39 is 0 Å². The summed E-state index contributed by atoms with van der Waals surface area (Å²) in [6, 6.07) is 20.0. The first-order valence-corrected chi connectivity index (χ1v) is 8.99. The largest absolute Gasteiger partial charge is 0.206 e. The molecule has 23 heavy (non-hydrogen) atoms. The fourth-order valence-corrected chi connectivity index (χ4v) is 3.05. The molecule has 0 aliphatic heterocycles. The predicted molar refractivity (Wildman–Crippen MR) is 99.0 cm³/mol. The highest BCUT2D eigenvalue weighted by Gasteiger charge is 2.31. The van der Waals surface area contributed by atoms with Gasteiger partial charge >= 0.3 is 0 Å². The number of hydroxylamine groups is 1. The zero-order valence-electron chi connectivity index (χ0n) is 14.3. The molecule has 0 saturated carbocycles. The maximum absolute atomic E-state index is 11.3. The van der Waals surface area contributed by atoms with Crippen LogP contribution in [0.5, 0.6) is 0 Å². The van der Waals surface area contributed by atoms with Gasteiger partial charge in [0, 0.05) is 30.7 Å². The maximum Gasteiger partial charge on any atom is 0.170 e. The number of unbranched alkanes of at least 4 members (excludes halogenated alkanes) is 6. The molecule has 0 aliphatic rings. The third-order valence-electron chi connectivity index (χ3n) is 4.45. The summed E-state index contributed by atoms with van der Waals surface area (Å²) in [5.41, 5.74) is 1.87. The van der Waals surface area contributed by atoms with Gasteiger partial charge in [-0.3, -0.25) is 0 Å². The Morgan fingerprint density at radius 1 is 0.652 bits per heavy atom. The van der Waals surface area contributed by atoms with Gasteiger partial charge in [-0.15, -0.1) is 4.65 Å². The van der Waals surface area contributed by atoms with Crippen molar-refractivity contribution in [3.05, 3.63) is 60.7 Å². The Morgan fingerprint density at radius 2 is 1.09 bits per heavy atom. The van der Waals surface area contributed by atoms with Crippen LogP contribution < -0.4 is 4.65 Å². The molecule has 2 heteroatoms. The highest BCUT2D eigenvalue weighted by molar-refractivity contribution is 5.55. The lowest BCUT2D eigenvalue weighted by Gasteiger charge is -2.29. The molecule has 0 atom stereocenters. The van der Waals surface area contributed by atoms with E-state index in [4.69, 9.17) is 0 Å². The van der Waals surface area contributed by atoms with E-state index in [9.17, 15) is 5.21 Å². The second-order valence-corrected chi connectivity index (χ2v) is 6.29. The number of nitrogens with zero attached hydrogens (tertiary/aromatic N) is 1. The van der Waals surface area contributed by atoms with Crippen molar-refractivity contribution in [3.63, 3.8) is 0 Å². The van der Waals surface area contributed by atoms with Gasteiger partial charge in [0.25, 0.3) is 0 Å². The second kappa shape index (κ2) is 9.49. The molecule has 0 spiro atoms. The Morgan fingerprint density at radius 3 is 1.57 bits per heavy atom. The summed E-state index contributed by atoms with van der Waals surface area (Å²) in [4.78, 5) is 0. The fourth-order valence-electron chi connectivity index (χ4n) is 3.05. The second-order valence-electron chi connectivity index (χ2n) is 6.29. The van der Waals surface area contributed by atoms with E-state index in [-0.39, 0.29) is 4.65 Å². The molecule has 0 aromatic heterocycles. The van der Waals surface area contributed by atoms with E-state index in [1.54, 1.807) is 0 Å². The summed E-state index contributed by atoms with van der Waals surface area (Å²) in [5.74, 6) is 0. The van der Waals surface area contributed by atoms with E-state index in [1.807, 2.05) is 60.7 Å². The van der Waals surface area contributed by atoms with Gasteiger partial charge in [0.2, 0.25) is 0 Å². The molecule has 0 fully saturated rings. The SMILES string of the molecule is CCCCCCCCC[N+](O)(c1ccccc1)c1ccccc1. The third-order valence-corrected chi connectivity index (χ3v) is 4.45. The molecule has 2 aromatic rings. The summed E-state index contributed by atoms with van der Waals surface area (Å²) in [6.07, 6.45) is 8.77. The van der Waals surface area contributed by atoms with Gasteiger partial charge in [0.15, 0.2) is 11.4 Å². The molecule has 1 N–H and O–H groups in total. The standard InChI is InChI=1S/C21H30NO/c1-2-3-4-5-6-7-14-19-22(23,20-15-10-8-11-16-20)21-17-12-9-13-18-21/h8-13,15-18,23H,2-7,14,19H2,1H3/q+1. The summed E-state index contributed by atoms with van der Waals surface area (Å²) in [6.45, 7) is 2.97. The molecule has 0 amide bonds.